The molecule has 0 heterocycles. The van der Waals surface area contributed by atoms with E-state index in [1.54, 1.807) is 0 Å². The standard InChI is InChI=1S/C13H24O2/c1-4-10(2)11-6-5-7-12(9-8-11)13(14)15-3/h10-12H,4-9H2,1-3H3. The maximum atomic E-state index is 11.4. The van der Waals surface area contributed by atoms with Gasteiger partial charge in [-0.1, -0.05) is 33.1 Å². The summed E-state index contributed by atoms with van der Waals surface area (Å²) in [5.74, 6) is 1.80. The van der Waals surface area contributed by atoms with Crippen LogP contribution in [0.2, 0.25) is 0 Å². The van der Waals surface area contributed by atoms with Gasteiger partial charge >= 0.3 is 5.97 Å². The summed E-state index contributed by atoms with van der Waals surface area (Å²) >= 11 is 0. The molecule has 2 heteroatoms. The van der Waals surface area contributed by atoms with Crippen LogP contribution in [0.4, 0.5) is 0 Å². The second-order valence-corrected chi connectivity index (χ2v) is 4.87. The number of carbonyl (C=O) groups is 1. The Morgan fingerprint density at radius 1 is 1.33 bits per heavy atom. The van der Waals surface area contributed by atoms with Crippen molar-refractivity contribution in [3.05, 3.63) is 0 Å². The summed E-state index contributed by atoms with van der Waals surface area (Å²) in [6.07, 6.45) is 7.00. The second kappa shape index (κ2) is 6.14. The highest BCUT2D eigenvalue weighted by Gasteiger charge is 2.26. The van der Waals surface area contributed by atoms with Gasteiger partial charge in [0.25, 0.3) is 0 Å². The molecular weight excluding hydrogens is 188 g/mol. The minimum absolute atomic E-state index is 0.000184. The molecule has 0 aromatic carbocycles. The number of methoxy groups -OCH3 is 1. The van der Waals surface area contributed by atoms with Crippen molar-refractivity contribution >= 4 is 5.97 Å². The number of esters is 1. The Hall–Kier alpha value is -0.530. The Labute approximate surface area is 93.4 Å². The van der Waals surface area contributed by atoms with E-state index in [2.05, 4.69) is 13.8 Å². The van der Waals surface area contributed by atoms with Crippen LogP contribution < -0.4 is 0 Å². The van der Waals surface area contributed by atoms with Crippen LogP contribution in [0.25, 0.3) is 0 Å². The molecule has 0 aromatic rings. The maximum absolute atomic E-state index is 11.4. The first-order valence-electron chi connectivity index (χ1n) is 6.26. The lowest BCUT2D eigenvalue weighted by Crippen LogP contribution is -2.16. The molecule has 0 radical (unpaired) electrons. The van der Waals surface area contributed by atoms with Crippen LogP contribution in [0.1, 0.15) is 52.4 Å². The minimum Gasteiger partial charge on any atom is -0.469 e. The van der Waals surface area contributed by atoms with Crippen LogP contribution >= 0.6 is 0 Å². The van der Waals surface area contributed by atoms with E-state index in [0.717, 1.165) is 24.7 Å². The lowest BCUT2D eigenvalue weighted by molar-refractivity contribution is -0.145. The molecule has 88 valence electrons. The minimum atomic E-state index is -0.000184. The lowest BCUT2D eigenvalue weighted by atomic mass is 9.85. The average Bonchev–Trinajstić information content (AvgIpc) is 2.52. The fraction of sp³-hybridized carbons (Fsp3) is 0.923. The predicted molar refractivity (Wildman–Crippen MR) is 61.5 cm³/mol. The fourth-order valence-corrected chi connectivity index (χ4v) is 2.64. The van der Waals surface area contributed by atoms with Crippen molar-refractivity contribution in [3.8, 4) is 0 Å². The van der Waals surface area contributed by atoms with E-state index in [-0.39, 0.29) is 11.9 Å². The van der Waals surface area contributed by atoms with Crippen LogP contribution in [0, 0.1) is 17.8 Å². The summed E-state index contributed by atoms with van der Waals surface area (Å²) < 4.78 is 4.83. The van der Waals surface area contributed by atoms with E-state index in [9.17, 15) is 4.79 Å². The Balaban J connectivity index is 2.45. The molecular formula is C13H24O2. The topological polar surface area (TPSA) is 26.3 Å². The van der Waals surface area contributed by atoms with Gasteiger partial charge in [-0.2, -0.15) is 0 Å². The smallest absolute Gasteiger partial charge is 0.308 e. The highest BCUT2D eigenvalue weighted by molar-refractivity contribution is 5.72. The molecule has 1 rings (SSSR count). The second-order valence-electron chi connectivity index (χ2n) is 4.87. The van der Waals surface area contributed by atoms with Crippen molar-refractivity contribution < 1.29 is 9.53 Å². The molecule has 15 heavy (non-hydrogen) atoms. The van der Waals surface area contributed by atoms with Gasteiger partial charge < -0.3 is 4.74 Å². The van der Waals surface area contributed by atoms with Crippen LogP contribution in [0.3, 0.4) is 0 Å². The Bertz CT molecular complexity index is 201. The molecule has 3 unspecified atom stereocenters. The Kier molecular flexibility index (Phi) is 5.13. The van der Waals surface area contributed by atoms with Gasteiger partial charge in [0.05, 0.1) is 13.0 Å². The van der Waals surface area contributed by atoms with E-state index in [1.807, 2.05) is 0 Å². The molecule has 1 aliphatic carbocycles. The molecule has 0 bridgehead atoms. The number of carbonyl (C=O) groups excluding carboxylic acids is 1. The van der Waals surface area contributed by atoms with Gasteiger partial charge in [0.2, 0.25) is 0 Å². The van der Waals surface area contributed by atoms with E-state index < -0.39 is 0 Å². The first-order valence-corrected chi connectivity index (χ1v) is 6.26. The van der Waals surface area contributed by atoms with E-state index in [0.29, 0.717) is 0 Å². The molecule has 2 nitrogen and oxygen atoms in total. The van der Waals surface area contributed by atoms with Crippen LogP contribution in [-0.2, 0) is 9.53 Å². The third-order valence-electron chi connectivity index (χ3n) is 4.00. The molecule has 3 atom stereocenters. The number of hydrogen-bond donors (Lipinski definition) is 0. The third-order valence-corrected chi connectivity index (χ3v) is 4.00. The quantitative estimate of drug-likeness (QED) is 0.529. The van der Waals surface area contributed by atoms with Crippen molar-refractivity contribution in [2.75, 3.05) is 7.11 Å². The monoisotopic (exact) mass is 212 g/mol. The van der Waals surface area contributed by atoms with Crippen molar-refractivity contribution in [2.24, 2.45) is 17.8 Å². The molecule has 0 amide bonds. The summed E-state index contributed by atoms with van der Waals surface area (Å²) in [5, 5.41) is 0. The first kappa shape index (κ1) is 12.5. The SMILES string of the molecule is CCC(C)C1CCCC(C(=O)OC)CC1. The maximum Gasteiger partial charge on any atom is 0.308 e. The molecule has 1 fully saturated rings. The normalized spacial score (nSPS) is 29.3. The van der Waals surface area contributed by atoms with Gasteiger partial charge in [0, 0.05) is 0 Å². The van der Waals surface area contributed by atoms with Crippen molar-refractivity contribution in [1.29, 1.82) is 0 Å². The van der Waals surface area contributed by atoms with Crippen molar-refractivity contribution in [1.82, 2.24) is 0 Å². The van der Waals surface area contributed by atoms with Crippen molar-refractivity contribution in [2.45, 2.75) is 52.4 Å². The number of hydrogen-bond acceptors (Lipinski definition) is 2. The van der Waals surface area contributed by atoms with Crippen LogP contribution in [0.5, 0.6) is 0 Å². The number of ether oxygens (including phenoxy) is 1. The molecule has 1 saturated carbocycles. The van der Waals surface area contributed by atoms with Gasteiger partial charge in [0.1, 0.15) is 0 Å². The zero-order valence-corrected chi connectivity index (χ0v) is 10.3. The molecule has 1 aliphatic rings. The summed E-state index contributed by atoms with van der Waals surface area (Å²) in [5.41, 5.74) is 0. The summed E-state index contributed by atoms with van der Waals surface area (Å²) in [6.45, 7) is 4.59. The summed E-state index contributed by atoms with van der Waals surface area (Å²) in [6, 6.07) is 0. The number of rotatable bonds is 3. The van der Waals surface area contributed by atoms with Gasteiger partial charge in [-0.25, -0.2) is 0 Å². The molecule has 0 N–H and O–H groups in total. The summed E-state index contributed by atoms with van der Waals surface area (Å²) in [7, 11) is 1.50. The fourth-order valence-electron chi connectivity index (χ4n) is 2.64. The van der Waals surface area contributed by atoms with Gasteiger partial charge in [0.15, 0.2) is 0 Å². The molecule has 0 spiro atoms. The molecule has 0 aromatic heterocycles. The van der Waals surface area contributed by atoms with E-state index >= 15 is 0 Å². The highest BCUT2D eigenvalue weighted by Crippen LogP contribution is 2.33. The van der Waals surface area contributed by atoms with Crippen LogP contribution in [0.15, 0.2) is 0 Å². The average molecular weight is 212 g/mol. The highest BCUT2D eigenvalue weighted by atomic mass is 16.5. The molecule has 0 aliphatic heterocycles. The van der Waals surface area contributed by atoms with Crippen LogP contribution in [-0.4, -0.2) is 13.1 Å². The third kappa shape index (κ3) is 3.51. The van der Waals surface area contributed by atoms with Crippen molar-refractivity contribution in [3.63, 3.8) is 0 Å². The summed E-state index contributed by atoms with van der Waals surface area (Å²) in [4.78, 5) is 11.4. The lowest BCUT2D eigenvalue weighted by Gasteiger charge is -2.20. The zero-order chi connectivity index (χ0) is 11.3. The van der Waals surface area contributed by atoms with Gasteiger partial charge in [-0.15, -0.1) is 0 Å². The van der Waals surface area contributed by atoms with E-state index in [4.69, 9.17) is 4.74 Å². The first-order chi connectivity index (χ1) is 7.19. The Morgan fingerprint density at radius 3 is 2.67 bits per heavy atom. The molecule has 0 saturated heterocycles. The van der Waals surface area contributed by atoms with Gasteiger partial charge in [-0.3, -0.25) is 4.79 Å². The van der Waals surface area contributed by atoms with E-state index in [1.165, 1.54) is 32.8 Å². The predicted octanol–water partition coefficient (Wildman–Crippen LogP) is 3.40. The zero-order valence-electron chi connectivity index (χ0n) is 10.3. The Morgan fingerprint density at radius 2 is 2.07 bits per heavy atom. The largest absolute Gasteiger partial charge is 0.469 e. The van der Waals surface area contributed by atoms with Gasteiger partial charge in [-0.05, 0) is 31.1 Å².